The number of imidazole rings is 1. The van der Waals surface area contributed by atoms with Crippen LogP contribution in [0.2, 0.25) is 0 Å². The van der Waals surface area contributed by atoms with E-state index in [1.165, 1.54) is 0 Å². The fourth-order valence-corrected chi connectivity index (χ4v) is 3.82. The Hall–Kier alpha value is -2.35. The van der Waals surface area contributed by atoms with Gasteiger partial charge in [-0.15, -0.1) is 0 Å². The number of likely N-dealkylation sites (N-methyl/N-ethyl adjacent to an activating group) is 1. The molecule has 0 radical (unpaired) electrons. The number of hydrogen-bond acceptors (Lipinski definition) is 5. The molecule has 2 amide bonds. The number of nitrogens with zero attached hydrogens (tertiary/aromatic N) is 3. The largest absolute Gasteiger partial charge is 0.490 e. The summed E-state index contributed by atoms with van der Waals surface area (Å²) in [4.78, 5) is 32.6. The Labute approximate surface area is 172 Å². The molecule has 1 aromatic rings. The summed E-state index contributed by atoms with van der Waals surface area (Å²) in [7, 11) is 3.62. The van der Waals surface area contributed by atoms with Crippen LogP contribution in [0.3, 0.4) is 0 Å². The van der Waals surface area contributed by atoms with Gasteiger partial charge in [0.05, 0.1) is 12.3 Å². The summed E-state index contributed by atoms with van der Waals surface area (Å²) < 4.78 is 7.96. The van der Waals surface area contributed by atoms with E-state index < -0.39 is 11.5 Å². The third kappa shape index (κ3) is 4.63. The number of fused-ring (bicyclic) bond motifs is 1. The van der Waals surface area contributed by atoms with Crippen molar-refractivity contribution in [3.63, 3.8) is 0 Å². The first kappa shape index (κ1) is 21.4. The molecule has 8 nitrogen and oxygen atoms in total. The second-order valence-corrected chi connectivity index (χ2v) is 8.92. The fraction of sp³-hybridized carbons (Fsp3) is 0.667. The lowest BCUT2D eigenvalue weighted by atomic mass is 9.86. The van der Waals surface area contributed by atoms with E-state index in [0.717, 1.165) is 43.8 Å². The van der Waals surface area contributed by atoms with Crippen molar-refractivity contribution in [2.24, 2.45) is 5.41 Å². The molecule has 0 aromatic carbocycles. The normalized spacial score (nSPS) is 18.7. The van der Waals surface area contributed by atoms with Crippen LogP contribution >= 0.6 is 0 Å². The highest BCUT2D eigenvalue weighted by Crippen LogP contribution is 2.27. The highest BCUT2D eigenvalue weighted by molar-refractivity contribution is 5.97. The van der Waals surface area contributed by atoms with Crippen molar-refractivity contribution in [1.29, 1.82) is 0 Å². The number of carbonyl (C=O) groups excluding carboxylic acids is 2. The van der Waals surface area contributed by atoms with E-state index in [1.54, 1.807) is 7.05 Å². The van der Waals surface area contributed by atoms with Crippen molar-refractivity contribution in [2.75, 3.05) is 27.2 Å². The lowest BCUT2D eigenvalue weighted by Crippen LogP contribution is -2.53. The highest BCUT2D eigenvalue weighted by atomic mass is 16.5. The number of aromatic nitrogens is 2. The molecule has 29 heavy (non-hydrogen) atoms. The summed E-state index contributed by atoms with van der Waals surface area (Å²) in [5, 5.41) is 5.57. The smallest absolute Gasteiger partial charge is 0.272 e. The molecule has 0 saturated heterocycles. The summed E-state index contributed by atoms with van der Waals surface area (Å²) in [5.74, 6) is 0.925. The van der Waals surface area contributed by atoms with Crippen LogP contribution in [0, 0.1) is 5.41 Å². The molecule has 2 aliphatic heterocycles. The molecular weight excluding hydrogens is 370 g/mol. The maximum absolute atomic E-state index is 13.3. The molecule has 2 aliphatic rings. The zero-order chi connectivity index (χ0) is 21.2. The van der Waals surface area contributed by atoms with Crippen LogP contribution in [0.1, 0.15) is 62.0 Å². The number of carbonyl (C=O) groups is 2. The summed E-state index contributed by atoms with van der Waals surface area (Å²) in [6, 6.07) is -0.658. The quantitative estimate of drug-likeness (QED) is 0.800. The van der Waals surface area contributed by atoms with Gasteiger partial charge < -0.3 is 24.8 Å². The zero-order valence-corrected chi connectivity index (χ0v) is 18.2. The molecule has 0 aliphatic carbocycles. The van der Waals surface area contributed by atoms with Crippen molar-refractivity contribution in [3.8, 4) is 0 Å². The predicted octanol–water partition coefficient (Wildman–Crippen LogP) is 1.76. The molecule has 1 atom stereocenters. The lowest BCUT2D eigenvalue weighted by molar-refractivity contribution is -0.124. The Morgan fingerprint density at radius 1 is 1.24 bits per heavy atom. The van der Waals surface area contributed by atoms with Crippen molar-refractivity contribution in [3.05, 3.63) is 23.3 Å². The molecule has 3 rings (SSSR count). The van der Waals surface area contributed by atoms with Gasteiger partial charge in [-0.05, 0) is 44.3 Å². The number of allylic oxidation sites excluding steroid dienone is 1. The first-order valence-corrected chi connectivity index (χ1v) is 10.4. The van der Waals surface area contributed by atoms with E-state index in [-0.39, 0.29) is 11.8 Å². The Kier molecular flexibility index (Phi) is 6.31. The monoisotopic (exact) mass is 403 g/mol. The van der Waals surface area contributed by atoms with Crippen LogP contribution < -0.4 is 10.6 Å². The second-order valence-electron chi connectivity index (χ2n) is 8.92. The van der Waals surface area contributed by atoms with Gasteiger partial charge in [-0.25, -0.2) is 4.98 Å². The average molecular weight is 404 g/mol. The van der Waals surface area contributed by atoms with Crippen molar-refractivity contribution < 1.29 is 14.3 Å². The summed E-state index contributed by atoms with van der Waals surface area (Å²) in [6.45, 7) is 8.82. The fourth-order valence-electron chi connectivity index (χ4n) is 3.82. The van der Waals surface area contributed by atoms with E-state index in [9.17, 15) is 9.59 Å². The predicted molar refractivity (Wildman–Crippen MR) is 111 cm³/mol. The van der Waals surface area contributed by atoms with E-state index in [1.807, 2.05) is 27.8 Å². The standard InChI is InChI=1S/C21H33N5O3/c1-21(2,3)17(20(28)22-4)24-19(27)16-14-13-25(5)10-8-11-26(14)18(23-16)15-9-6-7-12-29-15/h9,17H,6-8,10-13H2,1-5H3,(H,22,28)(H,24,27)/t17-/m1/s1. The molecule has 8 heteroatoms. The maximum atomic E-state index is 13.3. The molecule has 0 bridgehead atoms. The van der Waals surface area contributed by atoms with Crippen LogP contribution in [-0.4, -0.2) is 59.6 Å². The van der Waals surface area contributed by atoms with Crippen LogP contribution in [-0.2, 0) is 22.6 Å². The lowest BCUT2D eigenvalue weighted by Gasteiger charge is -2.29. The molecule has 2 N–H and O–H groups in total. The Morgan fingerprint density at radius 3 is 2.62 bits per heavy atom. The number of ether oxygens (including phenoxy) is 1. The van der Waals surface area contributed by atoms with Gasteiger partial charge in [-0.2, -0.15) is 0 Å². The van der Waals surface area contributed by atoms with Gasteiger partial charge in [0.1, 0.15) is 6.04 Å². The molecule has 0 unspecified atom stereocenters. The van der Waals surface area contributed by atoms with Gasteiger partial charge in [0.15, 0.2) is 17.3 Å². The Balaban J connectivity index is 1.99. The molecule has 1 aromatic heterocycles. The van der Waals surface area contributed by atoms with Crippen LogP contribution in [0.25, 0.3) is 5.76 Å². The molecular formula is C21H33N5O3. The Bertz CT molecular complexity index is 806. The van der Waals surface area contributed by atoms with Gasteiger partial charge in [-0.1, -0.05) is 20.8 Å². The molecule has 160 valence electrons. The van der Waals surface area contributed by atoms with E-state index in [4.69, 9.17) is 9.72 Å². The molecule has 0 fully saturated rings. The molecule has 0 saturated carbocycles. The molecule has 3 heterocycles. The summed E-state index contributed by atoms with van der Waals surface area (Å²) in [6.07, 6.45) is 4.97. The highest BCUT2D eigenvalue weighted by Gasteiger charge is 2.35. The van der Waals surface area contributed by atoms with Crippen molar-refractivity contribution >= 4 is 17.6 Å². The Morgan fingerprint density at radius 2 is 2.00 bits per heavy atom. The zero-order valence-electron chi connectivity index (χ0n) is 18.2. The maximum Gasteiger partial charge on any atom is 0.272 e. The average Bonchev–Trinajstić information content (AvgIpc) is 2.92. The molecule has 0 spiro atoms. The van der Waals surface area contributed by atoms with Gasteiger partial charge >= 0.3 is 0 Å². The van der Waals surface area contributed by atoms with Crippen LogP contribution in [0.5, 0.6) is 0 Å². The van der Waals surface area contributed by atoms with Gasteiger partial charge in [0.25, 0.3) is 5.91 Å². The third-order valence-corrected chi connectivity index (χ3v) is 5.44. The van der Waals surface area contributed by atoms with Crippen LogP contribution in [0.4, 0.5) is 0 Å². The minimum atomic E-state index is -0.658. The summed E-state index contributed by atoms with van der Waals surface area (Å²) in [5.41, 5.74) is 0.820. The van der Waals surface area contributed by atoms with Crippen molar-refractivity contribution in [2.45, 2.75) is 59.2 Å². The van der Waals surface area contributed by atoms with Gasteiger partial charge in [0, 0.05) is 20.1 Å². The van der Waals surface area contributed by atoms with E-state index in [2.05, 4.69) is 26.2 Å². The summed E-state index contributed by atoms with van der Waals surface area (Å²) >= 11 is 0. The van der Waals surface area contributed by atoms with E-state index >= 15 is 0 Å². The first-order valence-electron chi connectivity index (χ1n) is 10.4. The SMILES string of the molecule is CNC(=O)[C@@H](NC(=O)c1nc(C2=CCCCO2)n2c1CN(C)CCC2)C(C)(C)C. The number of nitrogens with one attached hydrogen (secondary N) is 2. The number of hydrogen-bond donors (Lipinski definition) is 2. The van der Waals surface area contributed by atoms with E-state index in [0.29, 0.717) is 24.7 Å². The van der Waals surface area contributed by atoms with Crippen LogP contribution in [0.15, 0.2) is 6.08 Å². The topological polar surface area (TPSA) is 88.5 Å². The number of rotatable bonds is 4. The second kappa shape index (κ2) is 8.57. The third-order valence-electron chi connectivity index (χ3n) is 5.44. The van der Waals surface area contributed by atoms with Gasteiger partial charge in [0.2, 0.25) is 5.91 Å². The minimum absolute atomic E-state index is 0.216. The number of amides is 2. The minimum Gasteiger partial charge on any atom is -0.490 e. The van der Waals surface area contributed by atoms with Crippen molar-refractivity contribution in [1.82, 2.24) is 25.1 Å². The van der Waals surface area contributed by atoms with Gasteiger partial charge in [-0.3, -0.25) is 9.59 Å². The first-order chi connectivity index (χ1) is 13.7.